The molecule has 0 saturated carbocycles. The van der Waals surface area contributed by atoms with Crippen molar-refractivity contribution in [3.8, 4) is 5.75 Å². The lowest BCUT2D eigenvalue weighted by atomic mass is 9.99. The molecule has 1 aromatic rings. The van der Waals surface area contributed by atoms with Crippen LogP contribution in [0.3, 0.4) is 0 Å². The minimum atomic E-state index is -0.833. The van der Waals surface area contributed by atoms with Crippen LogP contribution in [0, 0.1) is 5.92 Å². The van der Waals surface area contributed by atoms with E-state index in [0.29, 0.717) is 18.8 Å². The quantitative estimate of drug-likeness (QED) is 0.856. The summed E-state index contributed by atoms with van der Waals surface area (Å²) < 4.78 is 5.08. The van der Waals surface area contributed by atoms with Crippen molar-refractivity contribution >= 4 is 11.9 Å². The first-order valence-corrected chi connectivity index (χ1v) is 5.73. The lowest BCUT2D eigenvalue weighted by molar-refractivity contribution is -0.152. The van der Waals surface area contributed by atoms with Crippen molar-refractivity contribution in [3.05, 3.63) is 29.8 Å². The Balaban J connectivity index is 1.90. The maximum absolute atomic E-state index is 11.9. The highest BCUT2D eigenvalue weighted by molar-refractivity contribution is 5.82. The second-order valence-electron chi connectivity index (χ2n) is 4.36. The number of ether oxygens (including phenoxy) is 1. The summed E-state index contributed by atoms with van der Waals surface area (Å²) in [5.41, 5.74) is 0.873. The monoisotopic (exact) mass is 249 g/mol. The summed E-state index contributed by atoms with van der Waals surface area (Å²) in [6.45, 7) is 0.635. The minimum Gasteiger partial charge on any atom is -0.497 e. The second-order valence-corrected chi connectivity index (χ2v) is 4.36. The number of carboxylic acids is 1. The first-order chi connectivity index (χ1) is 8.60. The largest absolute Gasteiger partial charge is 0.497 e. The molecule has 5 heteroatoms. The van der Waals surface area contributed by atoms with E-state index in [0.717, 1.165) is 5.56 Å². The van der Waals surface area contributed by atoms with E-state index in [1.54, 1.807) is 12.0 Å². The van der Waals surface area contributed by atoms with Crippen LogP contribution in [0.4, 0.5) is 0 Å². The topological polar surface area (TPSA) is 66.8 Å². The summed E-state index contributed by atoms with van der Waals surface area (Å²) in [7, 11) is 1.58. The van der Waals surface area contributed by atoms with Crippen LogP contribution in [0.1, 0.15) is 5.56 Å². The summed E-state index contributed by atoms with van der Waals surface area (Å²) >= 11 is 0. The molecule has 0 radical (unpaired) electrons. The normalized spacial score (nSPS) is 15.1. The zero-order valence-corrected chi connectivity index (χ0v) is 10.1. The van der Waals surface area contributed by atoms with E-state index in [4.69, 9.17) is 9.84 Å². The number of likely N-dealkylation sites (tertiary alicyclic amines) is 1. The Hall–Kier alpha value is -2.04. The van der Waals surface area contributed by atoms with Crippen molar-refractivity contribution < 1.29 is 19.4 Å². The number of methoxy groups -OCH3 is 1. The van der Waals surface area contributed by atoms with Crippen molar-refractivity contribution in [2.24, 2.45) is 5.92 Å². The van der Waals surface area contributed by atoms with Crippen molar-refractivity contribution in [1.29, 1.82) is 0 Å². The van der Waals surface area contributed by atoms with Gasteiger partial charge in [0.15, 0.2) is 0 Å². The molecule has 1 aliphatic heterocycles. The van der Waals surface area contributed by atoms with Crippen LogP contribution >= 0.6 is 0 Å². The fourth-order valence-corrected chi connectivity index (χ4v) is 1.91. The number of amides is 1. The van der Waals surface area contributed by atoms with Crippen molar-refractivity contribution in [2.75, 3.05) is 20.2 Å². The molecule has 0 bridgehead atoms. The number of rotatable bonds is 4. The van der Waals surface area contributed by atoms with Crippen LogP contribution in [-0.4, -0.2) is 42.1 Å². The molecule has 1 aromatic carbocycles. The predicted octanol–water partition coefficient (Wildman–Crippen LogP) is 0.781. The zero-order chi connectivity index (χ0) is 13.1. The fraction of sp³-hybridized carbons (Fsp3) is 0.385. The minimum absolute atomic E-state index is 0.0410. The molecule has 1 heterocycles. The highest BCUT2D eigenvalue weighted by Crippen LogP contribution is 2.18. The summed E-state index contributed by atoms with van der Waals surface area (Å²) in [6, 6.07) is 7.32. The van der Waals surface area contributed by atoms with Gasteiger partial charge in [-0.1, -0.05) is 12.1 Å². The Bertz CT molecular complexity index is 466. The lowest BCUT2D eigenvalue weighted by Crippen LogP contribution is -2.53. The third kappa shape index (κ3) is 2.61. The molecule has 1 fully saturated rings. The molecule has 0 atom stereocenters. The van der Waals surface area contributed by atoms with E-state index in [9.17, 15) is 9.59 Å². The molecule has 1 aliphatic rings. The third-order valence-electron chi connectivity index (χ3n) is 3.07. The predicted molar refractivity (Wildman–Crippen MR) is 64.4 cm³/mol. The van der Waals surface area contributed by atoms with Gasteiger partial charge in [-0.2, -0.15) is 0 Å². The molecule has 96 valence electrons. The van der Waals surface area contributed by atoms with Crippen LogP contribution in [0.15, 0.2) is 24.3 Å². The van der Waals surface area contributed by atoms with E-state index in [-0.39, 0.29) is 12.3 Å². The first kappa shape index (κ1) is 12.4. The number of carbonyl (C=O) groups is 2. The van der Waals surface area contributed by atoms with Crippen molar-refractivity contribution in [2.45, 2.75) is 6.42 Å². The number of hydrogen-bond acceptors (Lipinski definition) is 3. The number of hydrogen-bond donors (Lipinski definition) is 1. The van der Waals surface area contributed by atoms with E-state index in [2.05, 4.69) is 0 Å². The molecule has 0 aromatic heterocycles. The van der Waals surface area contributed by atoms with E-state index in [1.807, 2.05) is 24.3 Å². The molecule has 0 aliphatic carbocycles. The Morgan fingerprint density at radius 2 is 2.17 bits per heavy atom. The number of nitrogens with zero attached hydrogens (tertiary/aromatic N) is 1. The van der Waals surface area contributed by atoms with Gasteiger partial charge in [0, 0.05) is 13.1 Å². The smallest absolute Gasteiger partial charge is 0.310 e. The second kappa shape index (κ2) is 5.08. The summed E-state index contributed by atoms with van der Waals surface area (Å²) in [5, 5.41) is 8.74. The molecular weight excluding hydrogens is 234 g/mol. The van der Waals surface area contributed by atoms with Crippen LogP contribution in [0.2, 0.25) is 0 Å². The van der Waals surface area contributed by atoms with Gasteiger partial charge < -0.3 is 14.7 Å². The average molecular weight is 249 g/mol. The number of carbonyl (C=O) groups excluding carboxylic acids is 1. The van der Waals surface area contributed by atoms with Gasteiger partial charge in [-0.05, 0) is 17.7 Å². The van der Waals surface area contributed by atoms with E-state index in [1.165, 1.54) is 0 Å². The number of aliphatic carboxylic acids is 1. The van der Waals surface area contributed by atoms with Gasteiger partial charge in [-0.25, -0.2) is 0 Å². The SMILES string of the molecule is COc1cccc(CC(=O)N2CC(C(=O)O)C2)c1. The Morgan fingerprint density at radius 1 is 1.44 bits per heavy atom. The summed E-state index contributed by atoms with van der Waals surface area (Å²) in [4.78, 5) is 24.1. The standard InChI is InChI=1S/C13H15NO4/c1-18-11-4-2-3-9(5-11)6-12(15)14-7-10(8-14)13(16)17/h2-5,10H,6-8H2,1H3,(H,16,17). The first-order valence-electron chi connectivity index (χ1n) is 5.73. The Kier molecular flexibility index (Phi) is 3.50. The van der Waals surface area contributed by atoms with Crippen LogP contribution in [0.5, 0.6) is 5.75 Å². The van der Waals surface area contributed by atoms with Gasteiger partial charge in [-0.3, -0.25) is 9.59 Å². The molecular formula is C13H15NO4. The zero-order valence-electron chi connectivity index (χ0n) is 10.1. The van der Waals surface area contributed by atoms with Gasteiger partial charge in [0.2, 0.25) is 5.91 Å². The van der Waals surface area contributed by atoms with Gasteiger partial charge in [-0.15, -0.1) is 0 Å². The molecule has 1 amide bonds. The maximum atomic E-state index is 11.9. The van der Waals surface area contributed by atoms with E-state index >= 15 is 0 Å². The molecule has 18 heavy (non-hydrogen) atoms. The highest BCUT2D eigenvalue weighted by Gasteiger charge is 2.35. The summed E-state index contributed by atoms with van der Waals surface area (Å²) in [6.07, 6.45) is 0.281. The Labute approximate surface area is 105 Å². The highest BCUT2D eigenvalue weighted by atomic mass is 16.5. The molecule has 1 saturated heterocycles. The average Bonchev–Trinajstić information content (AvgIpc) is 2.26. The third-order valence-corrected chi connectivity index (χ3v) is 3.07. The molecule has 2 rings (SSSR count). The molecule has 0 unspecified atom stereocenters. The molecule has 1 N–H and O–H groups in total. The van der Waals surface area contributed by atoms with Crippen LogP contribution < -0.4 is 4.74 Å². The number of benzene rings is 1. The maximum Gasteiger partial charge on any atom is 0.310 e. The Morgan fingerprint density at radius 3 is 2.78 bits per heavy atom. The van der Waals surface area contributed by atoms with Gasteiger partial charge >= 0.3 is 5.97 Å². The van der Waals surface area contributed by atoms with Crippen molar-refractivity contribution in [1.82, 2.24) is 4.90 Å². The lowest BCUT2D eigenvalue weighted by Gasteiger charge is -2.36. The van der Waals surface area contributed by atoms with Gasteiger partial charge in [0.25, 0.3) is 0 Å². The molecule has 5 nitrogen and oxygen atoms in total. The van der Waals surface area contributed by atoms with E-state index < -0.39 is 11.9 Å². The summed E-state index contributed by atoms with van der Waals surface area (Å²) in [5.74, 6) is -0.562. The van der Waals surface area contributed by atoms with Gasteiger partial charge in [0.1, 0.15) is 5.75 Å². The van der Waals surface area contributed by atoms with Crippen LogP contribution in [-0.2, 0) is 16.0 Å². The van der Waals surface area contributed by atoms with Crippen LogP contribution in [0.25, 0.3) is 0 Å². The fourth-order valence-electron chi connectivity index (χ4n) is 1.91. The molecule has 0 spiro atoms. The number of carboxylic acid groups (broad SMARTS) is 1. The van der Waals surface area contributed by atoms with Crippen molar-refractivity contribution in [3.63, 3.8) is 0 Å². The van der Waals surface area contributed by atoms with Gasteiger partial charge in [0.05, 0.1) is 19.4 Å².